The van der Waals surface area contributed by atoms with Gasteiger partial charge in [0.25, 0.3) is 7.52 Å². The van der Waals surface area contributed by atoms with E-state index in [1.807, 2.05) is 0 Å². The third kappa shape index (κ3) is 5.73. The number of anilines is 1. The van der Waals surface area contributed by atoms with Crippen LogP contribution in [0.5, 0.6) is 0 Å². The molecule has 12 heteroatoms. The number of pyridine rings is 1. The number of rotatable bonds is 8. The van der Waals surface area contributed by atoms with Crippen LogP contribution in [0.2, 0.25) is 5.02 Å². The summed E-state index contributed by atoms with van der Waals surface area (Å²) < 4.78 is 49.1. The van der Waals surface area contributed by atoms with E-state index in [4.69, 9.17) is 27.7 Å². The normalized spacial score (nSPS) is 13.8. The van der Waals surface area contributed by atoms with E-state index in [1.165, 1.54) is 6.20 Å². The molecule has 0 aliphatic heterocycles. The zero-order valence-electron chi connectivity index (χ0n) is 15.0. The Hall–Kier alpha value is -2.06. The topological polar surface area (TPSA) is 90.1 Å². The third-order valence-electron chi connectivity index (χ3n) is 3.60. The largest absolute Gasteiger partial charge is 0.400 e. The number of aromatic nitrogens is 3. The maximum Gasteiger partial charge on any atom is 0.400 e. The Kier molecular flexibility index (Phi) is 6.53. The minimum atomic E-state index is -3.75. The molecule has 0 spiro atoms. The Morgan fingerprint density at radius 2 is 1.97 bits per heavy atom. The van der Waals surface area contributed by atoms with Crippen molar-refractivity contribution in [2.45, 2.75) is 18.5 Å². The van der Waals surface area contributed by atoms with Crippen molar-refractivity contribution in [3.8, 4) is 11.4 Å². The van der Waals surface area contributed by atoms with Gasteiger partial charge in [-0.15, -0.1) is 0 Å². The number of hydrogen-bond donors (Lipinski definition) is 1. The fourth-order valence-electron chi connectivity index (χ4n) is 2.37. The first-order valence-corrected chi connectivity index (χ1v) is 10.9. The molecule has 154 valence electrons. The Morgan fingerprint density at radius 1 is 1.24 bits per heavy atom. The number of nitrogens with one attached hydrogen (secondary N) is 1. The molecule has 0 saturated heterocycles. The summed E-state index contributed by atoms with van der Waals surface area (Å²) in [5.41, 5.74) is 1.38. The van der Waals surface area contributed by atoms with Crippen LogP contribution in [0.1, 0.15) is 18.5 Å². The van der Waals surface area contributed by atoms with Crippen LogP contribution < -0.4 is 5.09 Å². The molecule has 1 atom stereocenters. The SMILES string of the molecule is CCOP(=O)(Cc1ccc(-c2noc(C(F)(F)Cl)n2)cn1)Nc1ccc(Cl)cc1. The lowest BCUT2D eigenvalue weighted by molar-refractivity contribution is 0.0551. The fourth-order valence-corrected chi connectivity index (χ4v) is 4.38. The van der Waals surface area contributed by atoms with Crippen molar-refractivity contribution in [1.29, 1.82) is 0 Å². The second kappa shape index (κ2) is 8.75. The Bertz CT molecular complexity index is 1010. The smallest absolute Gasteiger partial charge is 0.331 e. The predicted molar refractivity (Wildman–Crippen MR) is 105 cm³/mol. The first-order chi connectivity index (χ1) is 13.7. The van der Waals surface area contributed by atoms with E-state index >= 15 is 0 Å². The van der Waals surface area contributed by atoms with Crippen molar-refractivity contribution < 1.29 is 22.4 Å². The van der Waals surface area contributed by atoms with Gasteiger partial charge in [-0.1, -0.05) is 16.8 Å². The third-order valence-corrected chi connectivity index (χ3v) is 6.03. The van der Waals surface area contributed by atoms with E-state index in [0.717, 1.165) is 0 Å². The van der Waals surface area contributed by atoms with E-state index in [1.54, 1.807) is 43.3 Å². The van der Waals surface area contributed by atoms with Crippen molar-refractivity contribution in [3.63, 3.8) is 0 Å². The van der Waals surface area contributed by atoms with Crippen LogP contribution in [0.15, 0.2) is 47.1 Å². The van der Waals surface area contributed by atoms with Gasteiger partial charge in [-0.05, 0) is 54.9 Å². The van der Waals surface area contributed by atoms with Crippen molar-refractivity contribution >= 4 is 36.4 Å². The summed E-state index contributed by atoms with van der Waals surface area (Å²) in [6.45, 7) is 1.96. The van der Waals surface area contributed by atoms with Crippen molar-refractivity contribution in [2.24, 2.45) is 0 Å². The summed E-state index contributed by atoms with van der Waals surface area (Å²) in [5.74, 6) is -1.10. The molecule has 7 nitrogen and oxygen atoms in total. The molecule has 0 fully saturated rings. The number of hydrogen-bond acceptors (Lipinski definition) is 6. The molecule has 0 saturated carbocycles. The van der Waals surface area contributed by atoms with Crippen LogP contribution in [0.25, 0.3) is 11.4 Å². The van der Waals surface area contributed by atoms with Gasteiger partial charge in [-0.3, -0.25) is 9.55 Å². The Labute approximate surface area is 174 Å². The minimum absolute atomic E-state index is 0.000984. The minimum Gasteiger partial charge on any atom is -0.331 e. The molecule has 1 aromatic carbocycles. The van der Waals surface area contributed by atoms with Gasteiger partial charge < -0.3 is 14.1 Å². The molecule has 0 radical (unpaired) electrons. The van der Waals surface area contributed by atoms with Crippen molar-refractivity contribution in [3.05, 3.63) is 59.2 Å². The number of halogens is 4. The summed E-state index contributed by atoms with van der Waals surface area (Å²) in [7, 11) is -3.31. The van der Waals surface area contributed by atoms with Crippen molar-refractivity contribution in [2.75, 3.05) is 11.7 Å². The van der Waals surface area contributed by atoms with E-state index in [9.17, 15) is 13.3 Å². The van der Waals surface area contributed by atoms with Crippen LogP contribution in [-0.2, 0) is 20.6 Å². The average Bonchev–Trinajstić information content (AvgIpc) is 3.15. The molecule has 0 aliphatic carbocycles. The Morgan fingerprint density at radius 3 is 2.52 bits per heavy atom. The molecule has 0 aliphatic rings. The molecule has 0 amide bonds. The fraction of sp³-hybridized carbons (Fsp3) is 0.235. The molecule has 29 heavy (non-hydrogen) atoms. The quantitative estimate of drug-likeness (QED) is 0.328. The van der Waals surface area contributed by atoms with Crippen LogP contribution in [0, 0.1) is 0 Å². The van der Waals surface area contributed by atoms with Crippen LogP contribution in [-0.4, -0.2) is 21.7 Å². The number of benzene rings is 1. The molecule has 3 rings (SSSR count). The summed E-state index contributed by atoms with van der Waals surface area (Å²) in [6, 6.07) is 9.81. The van der Waals surface area contributed by atoms with Gasteiger partial charge in [-0.25, -0.2) is 0 Å². The summed E-state index contributed by atoms with van der Waals surface area (Å²) >= 11 is 10.7. The standard InChI is InChI=1S/C17H15Cl2F2N4O3P/c1-2-27-29(26,25-13-7-4-12(18)5-8-13)10-14-6-3-11(9-22-14)15-23-16(28-24-15)17(19,20)21/h3-9H,2,10H2,1H3,(H,25,26). The van der Waals surface area contributed by atoms with Gasteiger partial charge in [0, 0.05) is 22.5 Å². The van der Waals surface area contributed by atoms with Crippen LogP contribution in [0.3, 0.4) is 0 Å². The summed E-state index contributed by atoms with van der Waals surface area (Å²) in [6.07, 6.45) is 1.36. The zero-order chi connectivity index (χ0) is 21.1. The molecule has 1 N–H and O–H groups in total. The highest BCUT2D eigenvalue weighted by atomic mass is 35.5. The van der Waals surface area contributed by atoms with Gasteiger partial charge >= 0.3 is 11.3 Å². The zero-order valence-corrected chi connectivity index (χ0v) is 17.4. The highest BCUT2D eigenvalue weighted by Crippen LogP contribution is 2.49. The van der Waals surface area contributed by atoms with Gasteiger partial charge in [0.05, 0.1) is 18.5 Å². The van der Waals surface area contributed by atoms with Gasteiger partial charge in [-0.2, -0.15) is 13.8 Å². The lowest BCUT2D eigenvalue weighted by atomic mass is 10.2. The van der Waals surface area contributed by atoms with E-state index < -0.39 is 18.8 Å². The van der Waals surface area contributed by atoms with Gasteiger partial charge in [0.2, 0.25) is 5.82 Å². The number of alkyl halides is 3. The molecule has 0 bridgehead atoms. The highest BCUT2D eigenvalue weighted by Gasteiger charge is 2.35. The van der Waals surface area contributed by atoms with Crippen LogP contribution >= 0.6 is 30.7 Å². The highest BCUT2D eigenvalue weighted by molar-refractivity contribution is 7.59. The monoisotopic (exact) mass is 462 g/mol. The molecule has 1 unspecified atom stereocenters. The Balaban J connectivity index is 1.76. The van der Waals surface area contributed by atoms with Gasteiger partial charge in [0.15, 0.2) is 0 Å². The lowest BCUT2D eigenvalue weighted by Gasteiger charge is -2.19. The second-order valence-electron chi connectivity index (χ2n) is 5.83. The maximum absolute atomic E-state index is 13.2. The van der Waals surface area contributed by atoms with E-state index in [2.05, 4.69) is 24.7 Å². The van der Waals surface area contributed by atoms with Gasteiger partial charge in [0.1, 0.15) is 0 Å². The van der Waals surface area contributed by atoms with E-state index in [0.29, 0.717) is 22.0 Å². The first kappa shape index (κ1) is 21.6. The average molecular weight is 463 g/mol. The molecule has 2 aromatic heterocycles. The first-order valence-electron chi connectivity index (χ1n) is 8.32. The molecular weight excluding hydrogens is 448 g/mol. The lowest BCUT2D eigenvalue weighted by Crippen LogP contribution is -2.05. The predicted octanol–water partition coefficient (Wildman–Crippen LogP) is 5.91. The molecule has 2 heterocycles. The number of nitrogens with zero attached hydrogens (tertiary/aromatic N) is 3. The van der Waals surface area contributed by atoms with Crippen molar-refractivity contribution in [1.82, 2.24) is 15.1 Å². The van der Waals surface area contributed by atoms with Crippen LogP contribution in [0.4, 0.5) is 14.5 Å². The molecule has 3 aromatic rings. The molecular formula is C17H15Cl2F2N4O3P. The maximum atomic E-state index is 13.2. The second-order valence-corrected chi connectivity index (χ2v) is 8.88. The summed E-state index contributed by atoms with van der Waals surface area (Å²) in [5, 5.41) is 3.15. The van der Waals surface area contributed by atoms with E-state index in [-0.39, 0.29) is 18.6 Å². The summed E-state index contributed by atoms with van der Waals surface area (Å²) in [4.78, 5) is 7.74.